The number of rotatable bonds is 6. The summed E-state index contributed by atoms with van der Waals surface area (Å²) in [6.45, 7) is 2.25. The summed E-state index contributed by atoms with van der Waals surface area (Å²) >= 11 is 0. The van der Waals surface area contributed by atoms with Gasteiger partial charge in [-0.25, -0.2) is 0 Å². The molecule has 0 radical (unpaired) electrons. The first kappa shape index (κ1) is 15.4. The Morgan fingerprint density at radius 1 is 1.13 bits per heavy atom. The molecule has 0 amide bonds. The highest BCUT2D eigenvalue weighted by atomic mass is 32.2. The standard InChI is InChI=1S/C17H17N3O2S/c1-13-19-17(20-22-13)11-18-15-7-5-6-14(10-15)12-23(21)16-8-3-2-4-9-16/h2-10,18H,11-12H2,1H3/t23-/m1/s1. The second kappa shape index (κ2) is 7.19. The molecule has 23 heavy (non-hydrogen) atoms. The molecule has 0 saturated carbocycles. The highest BCUT2D eigenvalue weighted by Crippen LogP contribution is 2.16. The summed E-state index contributed by atoms with van der Waals surface area (Å²) in [6.07, 6.45) is 0. The van der Waals surface area contributed by atoms with Gasteiger partial charge >= 0.3 is 0 Å². The van der Waals surface area contributed by atoms with Gasteiger partial charge in [0.1, 0.15) is 0 Å². The lowest BCUT2D eigenvalue weighted by atomic mass is 10.2. The van der Waals surface area contributed by atoms with E-state index in [1.807, 2.05) is 54.6 Å². The molecule has 3 rings (SSSR count). The number of aromatic nitrogens is 2. The van der Waals surface area contributed by atoms with Crippen molar-refractivity contribution >= 4 is 16.5 Å². The first-order chi connectivity index (χ1) is 11.2. The number of hydrogen-bond donors (Lipinski definition) is 1. The molecule has 0 spiro atoms. The van der Waals surface area contributed by atoms with E-state index < -0.39 is 10.8 Å². The Morgan fingerprint density at radius 2 is 1.96 bits per heavy atom. The molecule has 1 aromatic heterocycles. The molecule has 5 nitrogen and oxygen atoms in total. The molecule has 0 bridgehead atoms. The van der Waals surface area contributed by atoms with E-state index in [2.05, 4.69) is 15.5 Å². The second-order valence-electron chi connectivity index (χ2n) is 5.09. The number of nitrogens with zero attached hydrogens (tertiary/aromatic N) is 2. The van der Waals surface area contributed by atoms with Gasteiger partial charge in [0, 0.05) is 17.5 Å². The minimum atomic E-state index is -1.05. The second-order valence-corrected chi connectivity index (χ2v) is 6.54. The van der Waals surface area contributed by atoms with E-state index in [1.165, 1.54) is 0 Å². The van der Waals surface area contributed by atoms with Crippen molar-refractivity contribution in [1.82, 2.24) is 10.1 Å². The maximum atomic E-state index is 12.4. The quantitative estimate of drug-likeness (QED) is 0.752. The predicted octanol–water partition coefficient (Wildman–Crippen LogP) is 3.30. The molecule has 0 aliphatic heterocycles. The fourth-order valence-corrected chi connectivity index (χ4v) is 3.28. The lowest BCUT2D eigenvalue weighted by Gasteiger charge is -2.07. The van der Waals surface area contributed by atoms with Gasteiger partial charge in [-0.3, -0.25) is 4.21 Å². The van der Waals surface area contributed by atoms with Gasteiger partial charge in [-0.2, -0.15) is 4.98 Å². The van der Waals surface area contributed by atoms with Gasteiger partial charge in [-0.1, -0.05) is 35.5 Å². The Labute approximate surface area is 137 Å². The zero-order valence-corrected chi connectivity index (χ0v) is 13.5. The third-order valence-electron chi connectivity index (χ3n) is 3.25. The van der Waals surface area contributed by atoms with Crippen LogP contribution >= 0.6 is 0 Å². The monoisotopic (exact) mass is 327 g/mol. The Morgan fingerprint density at radius 3 is 2.70 bits per heavy atom. The molecule has 0 unspecified atom stereocenters. The van der Waals surface area contributed by atoms with Crippen LogP contribution in [0.25, 0.3) is 0 Å². The average molecular weight is 327 g/mol. The van der Waals surface area contributed by atoms with Crippen LogP contribution in [0.1, 0.15) is 17.3 Å². The van der Waals surface area contributed by atoms with Gasteiger partial charge in [0.25, 0.3) is 0 Å². The van der Waals surface area contributed by atoms with Crippen molar-refractivity contribution in [2.45, 2.75) is 24.1 Å². The topological polar surface area (TPSA) is 68.0 Å². The first-order valence-electron chi connectivity index (χ1n) is 7.26. The summed E-state index contributed by atoms with van der Waals surface area (Å²) in [5.41, 5.74) is 1.96. The molecular weight excluding hydrogens is 310 g/mol. The van der Waals surface area contributed by atoms with E-state index >= 15 is 0 Å². The summed E-state index contributed by atoms with van der Waals surface area (Å²) in [7, 11) is -1.05. The van der Waals surface area contributed by atoms with Crippen LogP contribution in [-0.2, 0) is 23.1 Å². The van der Waals surface area contributed by atoms with E-state index in [0.717, 1.165) is 16.1 Å². The van der Waals surface area contributed by atoms with Gasteiger partial charge in [0.2, 0.25) is 5.89 Å². The SMILES string of the molecule is Cc1nc(CNc2cccc(C[S@@](=O)c3ccccc3)c2)no1. The van der Waals surface area contributed by atoms with Crippen molar-refractivity contribution in [2.75, 3.05) is 5.32 Å². The maximum Gasteiger partial charge on any atom is 0.223 e. The number of benzene rings is 2. The van der Waals surface area contributed by atoms with Crippen molar-refractivity contribution in [3.8, 4) is 0 Å². The van der Waals surface area contributed by atoms with Crippen molar-refractivity contribution in [2.24, 2.45) is 0 Å². The molecule has 0 saturated heterocycles. The average Bonchev–Trinajstić information content (AvgIpc) is 3.00. The lowest BCUT2D eigenvalue weighted by Crippen LogP contribution is -2.02. The zero-order valence-electron chi connectivity index (χ0n) is 12.7. The Kier molecular flexibility index (Phi) is 4.83. The normalized spacial score (nSPS) is 12.0. The van der Waals surface area contributed by atoms with Crippen LogP contribution in [0.15, 0.2) is 64.0 Å². The number of anilines is 1. The third kappa shape index (κ3) is 4.26. The van der Waals surface area contributed by atoms with Gasteiger partial charge < -0.3 is 9.84 Å². The number of hydrogen-bond acceptors (Lipinski definition) is 5. The molecule has 6 heteroatoms. The molecule has 0 aliphatic rings. The van der Waals surface area contributed by atoms with E-state index in [-0.39, 0.29) is 0 Å². The van der Waals surface area contributed by atoms with E-state index in [4.69, 9.17) is 4.52 Å². The van der Waals surface area contributed by atoms with Crippen molar-refractivity contribution in [3.05, 3.63) is 71.9 Å². The van der Waals surface area contributed by atoms with Crippen LogP contribution in [0.4, 0.5) is 5.69 Å². The van der Waals surface area contributed by atoms with Gasteiger partial charge in [-0.15, -0.1) is 0 Å². The molecule has 0 aliphatic carbocycles. The molecular formula is C17H17N3O2S. The predicted molar refractivity (Wildman–Crippen MR) is 89.4 cm³/mol. The molecule has 2 aromatic carbocycles. The van der Waals surface area contributed by atoms with Crippen LogP contribution in [-0.4, -0.2) is 14.3 Å². The van der Waals surface area contributed by atoms with Crippen LogP contribution < -0.4 is 5.32 Å². The Bertz CT molecular complexity index is 802. The summed E-state index contributed by atoms with van der Waals surface area (Å²) in [6, 6.07) is 17.4. The van der Waals surface area contributed by atoms with Crippen LogP contribution in [0.5, 0.6) is 0 Å². The summed E-state index contributed by atoms with van der Waals surface area (Å²) in [5, 5.41) is 7.09. The van der Waals surface area contributed by atoms with Crippen molar-refractivity contribution in [1.29, 1.82) is 0 Å². The zero-order chi connectivity index (χ0) is 16.1. The third-order valence-corrected chi connectivity index (χ3v) is 4.64. The minimum absolute atomic E-state index is 0.487. The van der Waals surface area contributed by atoms with Gasteiger partial charge in [-0.05, 0) is 29.8 Å². The molecule has 1 atom stereocenters. The number of aryl methyl sites for hydroxylation is 1. The van der Waals surface area contributed by atoms with E-state index in [0.29, 0.717) is 24.0 Å². The van der Waals surface area contributed by atoms with Crippen LogP contribution in [0, 0.1) is 6.92 Å². The smallest absolute Gasteiger partial charge is 0.223 e. The largest absolute Gasteiger partial charge is 0.378 e. The summed E-state index contributed by atoms with van der Waals surface area (Å²) < 4.78 is 17.3. The minimum Gasteiger partial charge on any atom is -0.378 e. The van der Waals surface area contributed by atoms with Crippen LogP contribution in [0.3, 0.4) is 0 Å². The maximum absolute atomic E-state index is 12.4. The molecule has 1 N–H and O–H groups in total. The Hall–Kier alpha value is -2.47. The Balaban J connectivity index is 1.64. The highest BCUT2D eigenvalue weighted by Gasteiger charge is 2.06. The van der Waals surface area contributed by atoms with Gasteiger partial charge in [0.05, 0.1) is 23.1 Å². The number of nitrogens with one attached hydrogen (secondary N) is 1. The fourth-order valence-electron chi connectivity index (χ4n) is 2.17. The molecule has 0 fully saturated rings. The fraction of sp³-hybridized carbons (Fsp3) is 0.176. The highest BCUT2D eigenvalue weighted by molar-refractivity contribution is 7.84. The van der Waals surface area contributed by atoms with E-state index in [1.54, 1.807) is 6.92 Å². The first-order valence-corrected chi connectivity index (χ1v) is 8.58. The molecule has 118 valence electrons. The van der Waals surface area contributed by atoms with Crippen molar-refractivity contribution in [3.63, 3.8) is 0 Å². The van der Waals surface area contributed by atoms with Gasteiger partial charge in [0.15, 0.2) is 5.82 Å². The van der Waals surface area contributed by atoms with Crippen LogP contribution in [0.2, 0.25) is 0 Å². The van der Waals surface area contributed by atoms with E-state index in [9.17, 15) is 4.21 Å². The van der Waals surface area contributed by atoms with Crippen molar-refractivity contribution < 1.29 is 8.73 Å². The molecule has 3 aromatic rings. The molecule has 1 heterocycles. The summed E-state index contributed by atoms with van der Waals surface area (Å²) in [5.74, 6) is 1.65. The lowest BCUT2D eigenvalue weighted by molar-refractivity contribution is 0.388. The summed E-state index contributed by atoms with van der Waals surface area (Å²) in [4.78, 5) is 4.99.